The maximum atomic E-state index is 12.1. The maximum absolute atomic E-state index is 12.1. The van der Waals surface area contributed by atoms with E-state index >= 15 is 0 Å². The van der Waals surface area contributed by atoms with Crippen molar-refractivity contribution in [2.75, 3.05) is 0 Å². The number of aliphatic carboxylic acids is 1. The molecular weight excluding hydrogens is 308 g/mol. The van der Waals surface area contributed by atoms with E-state index in [1.54, 1.807) is 31.2 Å². The first-order valence-corrected chi connectivity index (χ1v) is 7.02. The second-order valence-electron chi connectivity index (χ2n) is 5.03. The van der Waals surface area contributed by atoms with Crippen LogP contribution in [-0.4, -0.2) is 27.7 Å². The topological polar surface area (TPSA) is 92.4 Å². The number of hydrogen-bond acceptors (Lipinski definition) is 4. The summed E-state index contributed by atoms with van der Waals surface area (Å²) in [4.78, 5) is 23.3. The number of carbonyl (C=O) groups excluding carboxylic acids is 1. The summed E-state index contributed by atoms with van der Waals surface area (Å²) < 4.78 is 5.12. The van der Waals surface area contributed by atoms with Crippen molar-refractivity contribution in [3.05, 3.63) is 41.0 Å². The smallest absolute Gasteiger partial charge is 0.329 e. The minimum atomic E-state index is -1.35. The van der Waals surface area contributed by atoms with Gasteiger partial charge in [0.2, 0.25) is 0 Å². The standard InChI is InChI=1S/C15H15ClN2O4/c1-3-15(2,14(20)21)17-13(19)11-8-12(22-18-11)9-4-6-10(16)7-5-9/h4-8H,3H2,1-2H3,(H,17,19)(H,20,21). The van der Waals surface area contributed by atoms with Crippen LogP contribution in [0.15, 0.2) is 34.9 Å². The summed E-state index contributed by atoms with van der Waals surface area (Å²) in [7, 11) is 0. The van der Waals surface area contributed by atoms with Crippen molar-refractivity contribution in [1.29, 1.82) is 0 Å². The lowest BCUT2D eigenvalue weighted by molar-refractivity contribution is -0.143. The van der Waals surface area contributed by atoms with Crippen LogP contribution in [0.1, 0.15) is 30.8 Å². The van der Waals surface area contributed by atoms with Gasteiger partial charge in [0, 0.05) is 16.7 Å². The van der Waals surface area contributed by atoms with Crippen molar-refractivity contribution in [3.8, 4) is 11.3 Å². The van der Waals surface area contributed by atoms with Crippen molar-refractivity contribution < 1.29 is 19.2 Å². The first-order chi connectivity index (χ1) is 10.4. The van der Waals surface area contributed by atoms with Gasteiger partial charge < -0.3 is 14.9 Å². The SMILES string of the molecule is CCC(C)(NC(=O)c1cc(-c2ccc(Cl)cc2)on1)C(=O)O. The molecule has 0 aliphatic carbocycles. The molecule has 0 bridgehead atoms. The molecule has 2 rings (SSSR count). The molecule has 7 heteroatoms. The lowest BCUT2D eigenvalue weighted by Gasteiger charge is -2.23. The Morgan fingerprint density at radius 2 is 2.00 bits per heavy atom. The van der Waals surface area contributed by atoms with E-state index in [0.717, 1.165) is 0 Å². The first kappa shape index (κ1) is 16.0. The molecule has 116 valence electrons. The molecule has 0 aliphatic rings. The minimum Gasteiger partial charge on any atom is -0.480 e. The van der Waals surface area contributed by atoms with Crippen molar-refractivity contribution in [2.45, 2.75) is 25.8 Å². The predicted octanol–water partition coefficient (Wildman–Crippen LogP) is 2.98. The summed E-state index contributed by atoms with van der Waals surface area (Å²) in [6.45, 7) is 3.11. The molecule has 0 aliphatic heterocycles. The van der Waals surface area contributed by atoms with Gasteiger partial charge in [-0.1, -0.05) is 23.7 Å². The fraction of sp³-hybridized carbons (Fsp3) is 0.267. The van der Waals surface area contributed by atoms with Gasteiger partial charge in [-0.05, 0) is 37.6 Å². The Labute approximate surface area is 132 Å². The molecule has 1 atom stereocenters. The van der Waals surface area contributed by atoms with Gasteiger partial charge in [-0.15, -0.1) is 0 Å². The van der Waals surface area contributed by atoms with Gasteiger partial charge in [-0.2, -0.15) is 0 Å². The van der Waals surface area contributed by atoms with Crippen molar-refractivity contribution in [1.82, 2.24) is 10.5 Å². The van der Waals surface area contributed by atoms with Crippen LogP contribution in [0.3, 0.4) is 0 Å². The number of aromatic nitrogens is 1. The number of nitrogens with one attached hydrogen (secondary N) is 1. The monoisotopic (exact) mass is 322 g/mol. The Bertz CT molecular complexity index is 696. The molecule has 1 unspecified atom stereocenters. The van der Waals surface area contributed by atoms with E-state index in [-0.39, 0.29) is 12.1 Å². The molecule has 0 spiro atoms. The van der Waals surface area contributed by atoms with Crippen molar-refractivity contribution >= 4 is 23.5 Å². The molecule has 6 nitrogen and oxygen atoms in total. The van der Waals surface area contributed by atoms with Crippen LogP contribution in [-0.2, 0) is 4.79 Å². The van der Waals surface area contributed by atoms with Crippen LogP contribution < -0.4 is 5.32 Å². The Morgan fingerprint density at radius 1 is 1.36 bits per heavy atom. The number of carboxylic acids is 1. The second-order valence-corrected chi connectivity index (χ2v) is 5.46. The number of rotatable bonds is 5. The number of amides is 1. The van der Waals surface area contributed by atoms with Gasteiger partial charge in [0.1, 0.15) is 5.54 Å². The highest BCUT2D eigenvalue weighted by Gasteiger charge is 2.33. The average Bonchev–Trinajstić information content (AvgIpc) is 2.97. The molecule has 1 heterocycles. The van der Waals surface area contributed by atoms with Gasteiger partial charge in [-0.3, -0.25) is 4.79 Å². The number of carbonyl (C=O) groups is 2. The number of carboxylic acid groups (broad SMARTS) is 1. The second kappa shape index (κ2) is 6.19. The summed E-state index contributed by atoms with van der Waals surface area (Å²) in [5, 5.41) is 15.9. The lowest BCUT2D eigenvalue weighted by Crippen LogP contribution is -2.51. The summed E-state index contributed by atoms with van der Waals surface area (Å²) in [6, 6.07) is 8.31. The fourth-order valence-electron chi connectivity index (χ4n) is 1.74. The summed E-state index contributed by atoms with van der Waals surface area (Å²) >= 11 is 5.81. The van der Waals surface area contributed by atoms with E-state index in [0.29, 0.717) is 16.3 Å². The third-order valence-electron chi connectivity index (χ3n) is 3.44. The molecule has 0 saturated carbocycles. The molecular formula is C15H15ClN2O4. The van der Waals surface area contributed by atoms with E-state index in [2.05, 4.69) is 10.5 Å². The highest BCUT2D eigenvalue weighted by atomic mass is 35.5. The molecule has 0 radical (unpaired) electrons. The van der Waals surface area contributed by atoms with Gasteiger partial charge in [0.05, 0.1) is 0 Å². The van der Waals surface area contributed by atoms with E-state index < -0.39 is 17.4 Å². The molecule has 1 aromatic carbocycles. The predicted molar refractivity (Wildman–Crippen MR) is 80.7 cm³/mol. The first-order valence-electron chi connectivity index (χ1n) is 6.64. The number of benzene rings is 1. The zero-order chi connectivity index (χ0) is 16.3. The van der Waals surface area contributed by atoms with Crippen LogP contribution in [0, 0.1) is 0 Å². The third-order valence-corrected chi connectivity index (χ3v) is 3.69. The van der Waals surface area contributed by atoms with Crippen LogP contribution in [0.25, 0.3) is 11.3 Å². The van der Waals surface area contributed by atoms with Crippen LogP contribution in [0.4, 0.5) is 0 Å². The van der Waals surface area contributed by atoms with Crippen LogP contribution in [0.5, 0.6) is 0 Å². The van der Waals surface area contributed by atoms with E-state index in [9.17, 15) is 9.59 Å². The molecule has 1 amide bonds. The van der Waals surface area contributed by atoms with Crippen LogP contribution in [0.2, 0.25) is 5.02 Å². The maximum Gasteiger partial charge on any atom is 0.329 e. The molecule has 0 saturated heterocycles. The summed E-state index contributed by atoms with van der Waals surface area (Å²) in [5.41, 5.74) is -0.616. The molecule has 0 fully saturated rings. The fourth-order valence-corrected chi connectivity index (χ4v) is 1.87. The largest absolute Gasteiger partial charge is 0.480 e. The minimum absolute atomic E-state index is 0.0193. The number of nitrogens with zero attached hydrogens (tertiary/aromatic N) is 1. The quantitative estimate of drug-likeness (QED) is 0.882. The highest BCUT2D eigenvalue weighted by Crippen LogP contribution is 2.22. The van der Waals surface area contributed by atoms with Gasteiger partial charge in [0.15, 0.2) is 11.5 Å². The molecule has 1 aromatic heterocycles. The number of hydrogen-bond donors (Lipinski definition) is 2. The van der Waals surface area contributed by atoms with E-state index in [1.165, 1.54) is 13.0 Å². The zero-order valence-electron chi connectivity index (χ0n) is 12.1. The lowest BCUT2D eigenvalue weighted by atomic mass is 9.99. The Hall–Kier alpha value is -2.34. The highest BCUT2D eigenvalue weighted by molar-refractivity contribution is 6.30. The molecule has 2 aromatic rings. The summed E-state index contributed by atoms with van der Waals surface area (Å²) in [5.74, 6) is -1.31. The Balaban J connectivity index is 2.19. The normalized spacial score (nSPS) is 13.4. The number of halogens is 1. The van der Waals surface area contributed by atoms with E-state index in [4.69, 9.17) is 21.2 Å². The third kappa shape index (κ3) is 3.28. The van der Waals surface area contributed by atoms with Gasteiger partial charge >= 0.3 is 5.97 Å². The molecule has 2 N–H and O–H groups in total. The van der Waals surface area contributed by atoms with Crippen molar-refractivity contribution in [3.63, 3.8) is 0 Å². The van der Waals surface area contributed by atoms with E-state index in [1.807, 2.05) is 0 Å². The molecule has 22 heavy (non-hydrogen) atoms. The summed E-state index contributed by atoms with van der Waals surface area (Å²) in [6.07, 6.45) is 0.246. The zero-order valence-corrected chi connectivity index (χ0v) is 12.8. The van der Waals surface area contributed by atoms with Crippen molar-refractivity contribution in [2.24, 2.45) is 0 Å². The Kier molecular flexibility index (Phi) is 4.51. The van der Waals surface area contributed by atoms with Gasteiger partial charge in [0.25, 0.3) is 5.91 Å². The van der Waals surface area contributed by atoms with Gasteiger partial charge in [-0.25, -0.2) is 4.79 Å². The average molecular weight is 323 g/mol. The Morgan fingerprint density at radius 3 is 2.55 bits per heavy atom. The van der Waals surface area contributed by atoms with Crippen LogP contribution >= 0.6 is 11.6 Å².